The van der Waals surface area contributed by atoms with Crippen LogP contribution in [-0.2, 0) is 10.9 Å². The first-order valence-corrected chi connectivity index (χ1v) is 12.6. The lowest BCUT2D eigenvalue weighted by molar-refractivity contribution is 0.122. The zero-order valence-corrected chi connectivity index (χ0v) is 19.0. The largest absolute Gasteiger partial charge is 0.378 e. The van der Waals surface area contributed by atoms with Gasteiger partial charge in [0.1, 0.15) is 0 Å². The maximum atomic E-state index is 5.57. The van der Waals surface area contributed by atoms with Gasteiger partial charge in [0.15, 0.2) is 0 Å². The molecule has 5 rings (SSSR count). The zero-order valence-electron chi connectivity index (χ0n) is 18.2. The Hall–Kier alpha value is -2.55. The third kappa shape index (κ3) is 4.28. The van der Waals surface area contributed by atoms with Crippen LogP contribution in [0.2, 0.25) is 0 Å². The van der Waals surface area contributed by atoms with Crippen LogP contribution in [0.4, 0.5) is 17.1 Å². The summed E-state index contributed by atoms with van der Waals surface area (Å²) in [5, 5.41) is 0. The first-order chi connectivity index (χ1) is 15.3. The molecule has 0 bridgehead atoms. The van der Waals surface area contributed by atoms with Crippen molar-refractivity contribution >= 4 is 25.3 Å². The zero-order chi connectivity index (χ0) is 21.0. The highest BCUT2D eigenvalue weighted by atomic mass is 31.1. The monoisotopic (exact) mass is 431 g/mol. The molecular formula is C26H30N3OP. The first kappa shape index (κ1) is 20.4. The third-order valence-electron chi connectivity index (χ3n) is 6.27. The van der Waals surface area contributed by atoms with Crippen LogP contribution in [0.3, 0.4) is 0 Å². The molecule has 0 atom stereocenters. The van der Waals surface area contributed by atoms with E-state index in [1.165, 1.54) is 28.2 Å². The molecule has 2 saturated heterocycles. The highest BCUT2D eigenvalue weighted by Crippen LogP contribution is 2.55. The molecule has 2 heterocycles. The minimum atomic E-state index is -0.523. The molecule has 0 amide bonds. The van der Waals surface area contributed by atoms with Gasteiger partial charge in [-0.3, -0.25) is 0 Å². The van der Waals surface area contributed by atoms with Crippen molar-refractivity contribution in [2.75, 3.05) is 53.6 Å². The number of morpholine rings is 1. The second-order valence-corrected chi connectivity index (χ2v) is 10.1. The summed E-state index contributed by atoms with van der Waals surface area (Å²) in [6.45, 7) is 8.02. The van der Waals surface area contributed by atoms with E-state index in [9.17, 15) is 0 Å². The quantitative estimate of drug-likeness (QED) is 0.485. The average molecular weight is 432 g/mol. The molecule has 0 aromatic heterocycles. The van der Waals surface area contributed by atoms with Crippen LogP contribution < -0.4 is 14.2 Å². The van der Waals surface area contributed by atoms with E-state index in [-0.39, 0.29) is 0 Å². The Morgan fingerprint density at radius 1 is 0.710 bits per heavy atom. The van der Waals surface area contributed by atoms with Crippen molar-refractivity contribution in [2.24, 2.45) is 0 Å². The summed E-state index contributed by atoms with van der Waals surface area (Å²) in [7, 11) is -0.523. The van der Waals surface area contributed by atoms with Gasteiger partial charge in [-0.15, -0.1) is 0 Å². The molecule has 2 fully saturated rings. The van der Waals surface area contributed by atoms with E-state index < -0.39 is 8.22 Å². The minimum Gasteiger partial charge on any atom is -0.378 e. The highest BCUT2D eigenvalue weighted by molar-refractivity contribution is 7.60. The summed E-state index contributed by atoms with van der Waals surface area (Å²) in [4.78, 5) is 2.48. The van der Waals surface area contributed by atoms with E-state index in [2.05, 4.69) is 100 Å². The lowest BCUT2D eigenvalue weighted by Crippen LogP contribution is -2.36. The van der Waals surface area contributed by atoms with Crippen LogP contribution in [0.25, 0.3) is 0 Å². The van der Waals surface area contributed by atoms with Gasteiger partial charge in [0.25, 0.3) is 0 Å². The summed E-state index contributed by atoms with van der Waals surface area (Å²) >= 11 is 0. The Morgan fingerprint density at radius 2 is 1.29 bits per heavy atom. The predicted octanol–water partition coefficient (Wildman–Crippen LogP) is 5.67. The maximum Gasteiger partial charge on any atom is 0.0998 e. The number of hydrogen-bond acceptors (Lipinski definition) is 4. The van der Waals surface area contributed by atoms with Crippen LogP contribution in [-0.4, -0.2) is 39.4 Å². The Morgan fingerprint density at radius 3 is 1.87 bits per heavy atom. The molecule has 0 saturated carbocycles. The van der Waals surface area contributed by atoms with E-state index in [0.29, 0.717) is 0 Å². The molecule has 31 heavy (non-hydrogen) atoms. The van der Waals surface area contributed by atoms with Gasteiger partial charge in [-0.25, -0.2) is 0 Å². The van der Waals surface area contributed by atoms with E-state index >= 15 is 0 Å². The van der Waals surface area contributed by atoms with Crippen molar-refractivity contribution < 1.29 is 4.74 Å². The molecule has 0 unspecified atom stereocenters. The van der Waals surface area contributed by atoms with Crippen molar-refractivity contribution in [3.05, 3.63) is 90.0 Å². The number of nitrogens with zero attached hydrogens (tertiary/aromatic N) is 3. The summed E-state index contributed by atoms with van der Waals surface area (Å²) in [6.07, 6.45) is 1.06. The van der Waals surface area contributed by atoms with E-state index in [1.54, 1.807) is 0 Å². The van der Waals surface area contributed by atoms with Gasteiger partial charge < -0.3 is 19.0 Å². The SMILES string of the molecule is Cc1c(CP2N(c3ccccc3)CCN2c2ccccc2)cccc1N1CCOCC1. The fourth-order valence-corrected chi connectivity index (χ4v) is 7.28. The molecule has 5 heteroatoms. The predicted molar refractivity (Wildman–Crippen MR) is 132 cm³/mol. The van der Waals surface area contributed by atoms with Gasteiger partial charge in [-0.2, -0.15) is 0 Å². The number of hydrogen-bond donors (Lipinski definition) is 0. The second-order valence-electron chi connectivity index (χ2n) is 8.11. The summed E-state index contributed by atoms with van der Waals surface area (Å²) in [5.74, 6) is 0. The maximum absolute atomic E-state index is 5.57. The minimum absolute atomic E-state index is 0.523. The number of ether oxygens (including phenoxy) is 1. The van der Waals surface area contributed by atoms with Crippen molar-refractivity contribution in [1.82, 2.24) is 0 Å². The van der Waals surface area contributed by atoms with Gasteiger partial charge >= 0.3 is 0 Å². The molecule has 0 spiro atoms. The van der Waals surface area contributed by atoms with Crippen molar-refractivity contribution in [3.8, 4) is 0 Å². The molecule has 2 aliphatic rings. The molecule has 2 aliphatic heterocycles. The van der Waals surface area contributed by atoms with Crippen LogP contribution >= 0.6 is 8.22 Å². The van der Waals surface area contributed by atoms with Crippen molar-refractivity contribution in [2.45, 2.75) is 13.1 Å². The van der Waals surface area contributed by atoms with Gasteiger partial charge in [0.05, 0.1) is 21.4 Å². The fourth-order valence-electron chi connectivity index (χ4n) is 4.59. The summed E-state index contributed by atoms with van der Waals surface area (Å²) < 4.78 is 10.8. The van der Waals surface area contributed by atoms with Gasteiger partial charge in [-0.1, -0.05) is 48.5 Å². The Kier molecular flexibility index (Phi) is 6.11. The highest BCUT2D eigenvalue weighted by Gasteiger charge is 2.33. The normalized spacial score (nSPS) is 17.4. The van der Waals surface area contributed by atoms with Crippen molar-refractivity contribution in [1.29, 1.82) is 0 Å². The van der Waals surface area contributed by atoms with E-state index in [4.69, 9.17) is 4.74 Å². The lowest BCUT2D eigenvalue weighted by Gasteiger charge is -2.34. The molecule has 0 N–H and O–H groups in total. The number of benzene rings is 3. The van der Waals surface area contributed by atoms with Gasteiger partial charge in [0, 0.05) is 49.4 Å². The average Bonchev–Trinajstić information content (AvgIpc) is 3.25. The van der Waals surface area contributed by atoms with Crippen LogP contribution in [0.1, 0.15) is 11.1 Å². The van der Waals surface area contributed by atoms with Gasteiger partial charge in [-0.05, 0) is 48.4 Å². The molecule has 0 radical (unpaired) electrons. The lowest BCUT2D eigenvalue weighted by atomic mass is 10.1. The molecule has 4 nitrogen and oxygen atoms in total. The second kappa shape index (κ2) is 9.30. The molecular weight excluding hydrogens is 401 g/mol. The molecule has 0 aliphatic carbocycles. The number of para-hydroxylation sites is 2. The number of anilines is 3. The third-order valence-corrected chi connectivity index (χ3v) is 8.87. The topological polar surface area (TPSA) is 19.0 Å². The standard InChI is InChI=1S/C26H30N3OP/c1-22-23(9-8-14-26(22)27-17-19-30-20-18-27)21-31-28(24-10-4-2-5-11-24)15-16-29(31)25-12-6-3-7-13-25/h2-14H,15-21H2,1H3. The molecule has 3 aromatic carbocycles. The Balaban J connectivity index is 1.47. The van der Waals surface area contributed by atoms with Gasteiger partial charge in [0.2, 0.25) is 0 Å². The Labute approximate surface area is 186 Å². The van der Waals surface area contributed by atoms with E-state index in [1.807, 2.05) is 0 Å². The van der Waals surface area contributed by atoms with E-state index in [0.717, 1.165) is 45.6 Å². The smallest absolute Gasteiger partial charge is 0.0998 e. The van der Waals surface area contributed by atoms with Crippen molar-refractivity contribution in [3.63, 3.8) is 0 Å². The number of rotatable bonds is 5. The van der Waals surface area contributed by atoms with Crippen LogP contribution in [0, 0.1) is 6.92 Å². The molecule has 3 aromatic rings. The molecule has 160 valence electrons. The van der Waals surface area contributed by atoms with Crippen LogP contribution in [0.15, 0.2) is 78.9 Å². The summed E-state index contributed by atoms with van der Waals surface area (Å²) in [6, 6.07) is 28.6. The Bertz CT molecular complexity index is 945. The first-order valence-electron chi connectivity index (χ1n) is 11.1. The van der Waals surface area contributed by atoms with Crippen LogP contribution in [0.5, 0.6) is 0 Å². The fraction of sp³-hybridized carbons (Fsp3) is 0.308. The summed E-state index contributed by atoms with van der Waals surface area (Å²) in [5.41, 5.74) is 6.90.